The molecular formula is C15H21F3N2O2S. The molecule has 1 aliphatic rings. The van der Waals surface area contributed by atoms with Crippen LogP contribution in [0.5, 0.6) is 0 Å². The van der Waals surface area contributed by atoms with Crippen molar-refractivity contribution in [3.63, 3.8) is 0 Å². The van der Waals surface area contributed by atoms with E-state index < -0.39 is 21.6 Å². The van der Waals surface area contributed by atoms with Gasteiger partial charge in [0, 0.05) is 45.5 Å². The number of benzene rings is 1. The van der Waals surface area contributed by atoms with Gasteiger partial charge in [0.05, 0.1) is 11.3 Å². The first-order valence-electron chi connectivity index (χ1n) is 7.42. The summed E-state index contributed by atoms with van der Waals surface area (Å²) in [6.07, 6.45) is -3.10. The van der Waals surface area contributed by atoms with E-state index in [1.54, 1.807) is 6.07 Å². The third kappa shape index (κ3) is 6.12. The Kier molecular flexibility index (Phi) is 5.70. The van der Waals surface area contributed by atoms with Crippen LogP contribution in [0.25, 0.3) is 0 Å². The van der Waals surface area contributed by atoms with Crippen LogP contribution in [0, 0.1) is 0 Å². The predicted molar refractivity (Wildman–Crippen MR) is 82.9 cm³/mol. The topological polar surface area (TPSA) is 40.6 Å². The number of rotatable bonds is 5. The molecule has 23 heavy (non-hydrogen) atoms. The highest BCUT2D eigenvalue weighted by molar-refractivity contribution is 7.90. The molecule has 0 bridgehead atoms. The molecule has 0 aromatic heterocycles. The van der Waals surface area contributed by atoms with Gasteiger partial charge in [-0.1, -0.05) is 18.2 Å². The molecule has 0 aliphatic carbocycles. The van der Waals surface area contributed by atoms with Gasteiger partial charge in [-0.3, -0.25) is 9.80 Å². The summed E-state index contributed by atoms with van der Waals surface area (Å²) in [6, 6.07) is 5.40. The van der Waals surface area contributed by atoms with Crippen LogP contribution in [0.1, 0.15) is 11.1 Å². The summed E-state index contributed by atoms with van der Waals surface area (Å²) in [6.45, 7) is 3.89. The lowest BCUT2D eigenvalue weighted by Gasteiger charge is -2.34. The van der Waals surface area contributed by atoms with E-state index in [4.69, 9.17) is 0 Å². The molecular weight excluding hydrogens is 329 g/mol. The fourth-order valence-corrected chi connectivity index (χ4v) is 3.16. The van der Waals surface area contributed by atoms with E-state index >= 15 is 0 Å². The van der Waals surface area contributed by atoms with Gasteiger partial charge < -0.3 is 0 Å². The van der Waals surface area contributed by atoms with Crippen LogP contribution >= 0.6 is 0 Å². The van der Waals surface area contributed by atoms with Gasteiger partial charge in [-0.25, -0.2) is 8.42 Å². The maximum atomic E-state index is 12.7. The lowest BCUT2D eigenvalue weighted by atomic mass is 10.1. The third-order valence-electron chi connectivity index (χ3n) is 3.90. The average molecular weight is 350 g/mol. The Hall–Kier alpha value is -1.12. The molecule has 0 atom stereocenters. The molecule has 0 unspecified atom stereocenters. The number of hydrogen-bond acceptors (Lipinski definition) is 4. The van der Waals surface area contributed by atoms with Crippen LogP contribution in [0.4, 0.5) is 13.2 Å². The monoisotopic (exact) mass is 350 g/mol. The number of halogens is 3. The van der Waals surface area contributed by atoms with Gasteiger partial charge in [-0.2, -0.15) is 13.2 Å². The molecule has 0 spiro atoms. The van der Waals surface area contributed by atoms with Gasteiger partial charge in [0.2, 0.25) is 0 Å². The van der Waals surface area contributed by atoms with Crippen LogP contribution in [-0.2, 0) is 22.6 Å². The molecule has 1 aliphatic heterocycles. The summed E-state index contributed by atoms with van der Waals surface area (Å²) < 4.78 is 60.5. The van der Waals surface area contributed by atoms with E-state index in [1.165, 1.54) is 18.4 Å². The minimum absolute atomic E-state index is 0.140. The zero-order valence-corrected chi connectivity index (χ0v) is 13.8. The largest absolute Gasteiger partial charge is 0.416 e. The Morgan fingerprint density at radius 1 is 1.09 bits per heavy atom. The Bertz CT molecular complexity index is 624. The molecule has 1 fully saturated rings. The van der Waals surface area contributed by atoms with Crippen molar-refractivity contribution in [2.75, 3.05) is 44.7 Å². The van der Waals surface area contributed by atoms with Crippen molar-refractivity contribution in [3.05, 3.63) is 35.4 Å². The highest BCUT2D eigenvalue weighted by atomic mass is 32.2. The molecule has 130 valence electrons. The first-order valence-corrected chi connectivity index (χ1v) is 9.48. The summed E-state index contributed by atoms with van der Waals surface area (Å²) in [5.41, 5.74) is 0.0196. The first kappa shape index (κ1) is 18.2. The van der Waals surface area contributed by atoms with Crippen molar-refractivity contribution >= 4 is 9.84 Å². The number of sulfone groups is 1. The molecule has 1 aromatic rings. The summed E-state index contributed by atoms with van der Waals surface area (Å²) in [7, 11) is -2.97. The summed E-state index contributed by atoms with van der Waals surface area (Å²) in [5.74, 6) is 0.140. The second kappa shape index (κ2) is 7.19. The van der Waals surface area contributed by atoms with Crippen LogP contribution in [0.15, 0.2) is 24.3 Å². The molecule has 1 saturated heterocycles. The number of piperazine rings is 1. The second-order valence-electron chi connectivity index (χ2n) is 5.95. The first-order chi connectivity index (χ1) is 10.6. The lowest BCUT2D eigenvalue weighted by Crippen LogP contribution is -2.47. The minimum Gasteiger partial charge on any atom is -0.300 e. The molecule has 1 aromatic carbocycles. The number of hydrogen-bond donors (Lipinski definition) is 0. The van der Waals surface area contributed by atoms with Gasteiger partial charge >= 0.3 is 6.18 Å². The van der Waals surface area contributed by atoms with Gasteiger partial charge in [-0.15, -0.1) is 0 Å². The van der Waals surface area contributed by atoms with Gasteiger partial charge in [0.1, 0.15) is 9.84 Å². The van der Waals surface area contributed by atoms with Gasteiger partial charge in [0.25, 0.3) is 0 Å². The predicted octanol–water partition coefficient (Wildman–Crippen LogP) is 1.87. The van der Waals surface area contributed by atoms with Crippen molar-refractivity contribution < 1.29 is 21.6 Å². The van der Waals surface area contributed by atoms with Crippen molar-refractivity contribution in [1.82, 2.24) is 9.80 Å². The molecule has 1 heterocycles. The SMILES string of the molecule is CS(=O)(=O)CCN1CCN(Cc2cccc(C(F)(F)F)c2)CC1. The van der Waals surface area contributed by atoms with Crippen LogP contribution in [0.2, 0.25) is 0 Å². The van der Waals surface area contributed by atoms with E-state index in [1.807, 2.05) is 0 Å². The van der Waals surface area contributed by atoms with Crippen LogP contribution < -0.4 is 0 Å². The smallest absolute Gasteiger partial charge is 0.300 e. The van der Waals surface area contributed by atoms with Gasteiger partial charge in [-0.05, 0) is 11.6 Å². The quantitative estimate of drug-likeness (QED) is 0.813. The highest BCUT2D eigenvalue weighted by Gasteiger charge is 2.30. The summed E-state index contributed by atoms with van der Waals surface area (Å²) in [5, 5.41) is 0. The average Bonchev–Trinajstić information content (AvgIpc) is 2.45. The van der Waals surface area contributed by atoms with E-state index in [0.29, 0.717) is 18.7 Å². The molecule has 2 rings (SSSR count). The van der Waals surface area contributed by atoms with E-state index in [0.717, 1.165) is 32.2 Å². The fraction of sp³-hybridized carbons (Fsp3) is 0.600. The molecule has 0 saturated carbocycles. The Balaban J connectivity index is 1.85. The van der Waals surface area contributed by atoms with Crippen molar-refractivity contribution in [3.8, 4) is 0 Å². The molecule has 0 radical (unpaired) electrons. The highest BCUT2D eigenvalue weighted by Crippen LogP contribution is 2.29. The fourth-order valence-electron chi connectivity index (χ4n) is 2.57. The molecule has 8 heteroatoms. The summed E-state index contributed by atoms with van der Waals surface area (Å²) in [4.78, 5) is 4.16. The Morgan fingerprint density at radius 2 is 1.70 bits per heavy atom. The third-order valence-corrected chi connectivity index (χ3v) is 4.83. The number of nitrogens with zero attached hydrogens (tertiary/aromatic N) is 2. The van der Waals surface area contributed by atoms with Crippen LogP contribution in [-0.4, -0.2) is 63.0 Å². The number of alkyl halides is 3. The minimum atomic E-state index is -4.32. The molecule has 0 amide bonds. The van der Waals surface area contributed by atoms with Crippen molar-refractivity contribution in [2.24, 2.45) is 0 Å². The maximum absolute atomic E-state index is 12.7. The van der Waals surface area contributed by atoms with Gasteiger partial charge in [0.15, 0.2) is 0 Å². The standard InChI is InChI=1S/C15H21F3N2O2S/c1-23(21,22)10-9-19-5-7-20(8-6-19)12-13-3-2-4-14(11-13)15(16,17)18/h2-4,11H,5-10,12H2,1H3. The molecule has 4 nitrogen and oxygen atoms in total. The van der Waals surface area contributed by atoms with E-state index in [-0.39, 0.29) is 5.75 Å². The van der Waals surface area contributed by atoms with E-state index in [2.05, 4.69) is 9.80 Å². The Labute approximate surface area is 134 Å². The normalized spacial score (nSPS) is 18.3. The summed E-state index contributed by atoms with van der Waals surface area (Å²) >= 11 is 0. The van der Waals surface area contributed by atoms with Crippen LogP contribution in [0.3, 0.4) is 0 Å². The zero-order chi connectivity index (χ0) is 17.1. The van der Waals surface area contributed by atoms with E-state index in [9.17, 15) is 21.6 Å². The van der Waals surface area contributed by atoms with Crippen molar-refractivity contribution in [1.29, 1.82) is 0 Å². The van der Waals surface area contributed by atoms with Crippen molar-refractivity contribution in [2.45, 2.75) is 12.7 Å². The Morgan fingerprint density at radius 3 is 2.26 bits per heavy atom. The second-order valence-corrected chi connectivity index (χ2v) is 8.21. The maximum Gasteiger partial charge on any atom is 0.416 e. The lowest BCUT2D eigenvalue weighted by molar-refractivity contribution is -0.137. The molecule has 0 N–H and O–H groups in total. The zero-order valence-electron chi connectivity index (χ0n) is 13.0.